The monoisotopic (exact) mass is 276 g/mol. The number of rotatable bonds is 3. The SMILES string of the molecule is CNC1c2ccccc2OCC1Sc1ncnn1C. The lowest BCUT2D eigenvalue weighted by atomic mass is 10.0. The number of hydrogen-bond donors (Lipinski definition) is 1. The molecule has 1 aromatic carbocycles. The van der Waals surface area contributed by atoms with Crippen molar-refractivity contribution < 1.29 is 4.74 Å². The van der Waals surface area contributed by atoms with Gasteiger partial charge in [-0.15, -0.1) is 0 Å². The van der Waals surface area contributed by atoms with Gasteiger partial charge >= 0.3 is 0 Å². The predicted octanol–water partition coefficient (Wildman–Crippen LogP) is 1.63. The van der Waals surface area contributed by atoms with E-state index in [1.54, 1.807) is 22.8 Å². The molecule has 1 aromatic heterocycles. The zero-order valence-electron chi connectivity index (χ0n) is 10.9. The molecule has 100 valence electrons. The maximum absolute atomic E-state index is 5.84. The van der Waals surface area contributed by atoms with Crippen LogP contribution in [0.15, 0.2) is 35.7 Å². The van der Waals surface area contributed by atoms with Gasteiger partial charge in [0.2, 0.25) is 0 Å². The van der Waals surface area contributed by atoms with Gasteiger partial charge in [0.15, 0.2) is 5.16 Å². The van der Waals surface area contributed by atoms with Crippen molar-refractivity contribution in [2.45, 2.75) is 16.4 Å². The van der Waals surface area contributed by atoms with Crippen LogP contribution in [0.1, 0.15) is 11.6 Å². The van der Waals surface area contributed by atoms with Gasteiger partial charge in [0.1, 0.15) is 18.7 Å². The molecular formula is C13H16N4OS. The number of ether oxygens (including phenoxy) is 1. The molecule has 6 heteroatoms. The molecule has 0 saturated carbocycles. The maximum Gasteiger partial charge on any atom is 0.186 e. The van der Waals surface area contributed by atoms with E-state index >= 15 is 0 Å². The van der Waals surface area contributed by atoms with Gasteiger partial charge in [-0.25, -0.2) is 9.67 Å². The van der Waals surface area contributed by atoms with E-state index in [0.717, 1.165) is 10.9 Å². The number of para-hydroxylation sites is 1. The average molecular weight is 276 g/mol. The molecule has 1 aliphatic rings. The predicted molar refractivity (Wildman–Crippen MR) is 74.4 cm³/mol. The highest BCUT2D eigenvalue weighted by Crippen LogP contribution is 2.38. The van der Waals surface area contributed by atoms with Crippen molar-refractivity contribution in [3.05, 3.63) is 36.2 Å². The minimum absolute atomic E-state index is 0.256. The summed E-state index contributed by atoms with van der Waals surface area (Å²) < 4.78 is 7.63. The van der Waals surface area contributed by atoms with Gasteiger partial charge in [-0.2, -0.15) is 5.10 Å². The van der Waals surface area contributed by atoms with E-state index < -0.39 is 0 Å². The first-order chi connectivity index (χ1) is 9.29. The van der Waals surface area contributed by atoms with Crippen molar-refractivity contribution in [3.8, 4) is 5.75 Å². The van der Waals surface area contributed by atoms with Gasteiger partial charge in [0, 0.05) is 12.6 Å². The highest BCUT2D eigenvalue weighted by Gasteiger charge is 2.31. The number of hydrogen-bond acceptors (Lipinski definition) is 5. The summed E-state index contributed by atoms with van der Waals surface area (Å²) in [7, 11) is 3.89. The second kappa shape index (κ2) is 5.22. The molecule has 2 atom stereocenters. The molecule has 2 heterocycles. The Bertz CT molecular complexity index is 571. The van der Waals surface area contributed by atoms with E-state index in [-0.39, 0.29) is 11.3 Å². The fraction of sp³-hybridized carbons (Fsp3) is 0.385. The van der Waals surface area contributed by atoms with Crippen LogP contribution in [0.25, 0.3) is 0 Å². The first kappa shape index (κ1) is 12.5. The van der Waals surface area contributed by atoms with Crippen LogP contribution < -0.4 is 10.1 Å². The third kappa shape index (κ3) is 2.33. The molecule has 0 spiro atoms. The molecule has 2 aromatic rings. The summed E-state index contributed by atoms with van der Waals surface area (Å²) in [6, 6.07) is 8.43. The summed E-state index contributed by atoms with van der Waals surface area (Å²) in [5, 5.41) is 8.68. The zero-order chi connectivity index (χ0) is 13.2. The van der Waals surface area contributed by atoms with Crippen LogP contribution in [0.3, 0.4) is 0 Å². The maximum atomic E-state index is 5.84. The van der Waals surface area contributed by atoms with Crippen molar-refractivity contribution in [3.63, 3.8) is 0 Å². The van der Waals surface area contributed by atoms with Gasteiger partial charge < -0.3 is 10.1 Å². The summed E-state index contributed by atoms with van der Waals surface area (Å²) in [6.07, 6.45) is 1.58. The lowest BCUT2D eigenvalue weighted by molar-refractivity contribution is 0.264. The normalized spacial score (nSPS) is 21.8. The Morgan fingerprint density at radius 3 is 3.00 bits per heavy atom. The summed E-state index contributed by atoms with van der Waals surface area (Å²) >= 11 is 1.70. The molecule has 19 heavy (non-hydrogen) atoms. The Morgan fingerprint density at radius 2 is 2.26 bits per heavy atom. The van der Waals surface area contributed by atoms with Crippen molar-refractivity contribution in [1.82, 2.24) is 20.1 Å². The molecule has 0 bridgehead atoms. The minimum atomic E-state index is 0.256. The Morgan fingerprint density at radius 1 is 1.42 bits per heavy atom. The van der Waals surface area contributed by atoms with Crippen LogP contribution >= 0.6 is 11.8 Å². The quantitative estimate of drug-likeness (QED) is 0.923. The Kier molecular flexibility index (Phi) is 3.44. The lowest BCUT2D eigenvalue weighted by Crippen LogP contribution is -2.36. The highest BCUT2D eigenvalue weighted by molar-refractivity contribution is 7.99. The molecule has 0 amide bonds. The molecule has 5 nitrogen and oxygen atoms in total. The number of aryl methyl sites for hydroxylation is 1. The van der Waals surface area contributed by atoms with E-state index in [0.29, 0.717) is 6.61 Å². The standard InChI is InChI=1S/C13H16N4OS/c1-14-12-9-5-3-4-6-10(9)18-7-11(12)19-13-15-8-16-17(13)2/h3-6,8,11-12,14H,7H2,1-2H3. The van der Waals surface area contributed by atoms with Gasteiger partial charge in [-0.3, -0.25) is 0 Å². The highest BCUT2D eigenvalue weighted by atomic mass is 32.2. The second-order valence-electron chi connectivity index (χ2n) is 4.44. The van der Waals surface area contributed by atoms with Crippen molar-refractivity contribution in [2.24, 2.45) is 7.05 Å². The van der Waals surface area contributed by atoms with Crippen molar-refractivity contribution in [1.29, 1.82) is 0 Å². The van der Waals surface area contributed by atoms with Crippen molar-refractivity contribution >= 4 is 11.8 Å². The molecule has 3 rings (SSSR count). The van der Waals surface area contributed by atoms with Crippen LogP contribution in [-0.4, -0.2) is 33.7 Å². The molecule has 0 fully saturated rings. The summed E-state index contributed by atoms with van der Waals surface area (Å²) in [5.74, 6) is 0.969. The molecule has 1 aliphatic heterocycles. The van der Waals surface area contributed by atoms with Gasteiger partial charge in [0.25, 0.3) is 0 Å². The second-order valence-corrected chi connectivity index (χ2v) is 5.64. The van der Waals surface area contributed by atoms with Gasteiger partial charge in [0.05, 0.1) is 11.3 Å². The van der Waals surface area contributed by atoms with Crippen LogP contribution in [0.5, 0.6) is 5.75 Å². The van der Waals surface area contributed by atoms with Crippen molar-refractivity contribution in [2.75, 3.05) is 13.7 Å². The van der Waals surface area contributed by atoms with Crippen LogP contribution in [0, 0.1) is 0 Å². The Labute approximate surface area is 116 Å². The minimum Gasteiger partial charge on any atom is -0.492 e. The summed E-state index contributed by atoms with van der Waals surface area (Å²) in [5.41, 5.74) is 1.20. The van der Waals surface area contributed by atoms with E-state index in [9.17, 15) is 0 Å². The molecule has 1 N–H and O–H groups in total. The lowest BCUT2D eigenvalue weighted by Gasteiger charge is -2.32. The Hall–Kier alpha value is -1.53. The third-order valence-corrected chi connectivity index (χ3v) is 4.56. The number of nitrogens with one attached hydrogen (secondary N) is 1. The van der Waals surface area contributed by atoms with E-state index in [1.165, 1.54) is 5.56 Å². The van der Waals surface area contributed by atoms with E-state index in [4.69, 9.17) is 4.74 Å². The van der Waals surface area contributed by atoms with Crippen LogP contribution in [0.2, 0.25) is 0 Å². The third-order valence-electron chi connectivity index (χ3n) is 3.27. The zero-order valence-corrected chi connectivity index (χ0v) is 11.7. The molecule has 0 radical (unpaired) electrons. The summed E-state index contributed by atoms with van der Waals surface area (Å²) in [6.45, 7) is 0.667. The topological polar surface area (TPSA) is 52.0 Å². The number of thioether (sulfide) groups is 1. The van der Waals surface area contributed by atoms with E-state index in [1.807, 2.05) is 32.3 Å². The first-order valence-electron chi connectivity index (χ1n) is 6.19. The molecule has 2 unspecified atom stereocenters. The molecule has 0 saturated heterocycles. The smallest absolute Gasteiger partial charge is 0.186 e. The fourth-order valence-electron chi connectivity index (χ4n) is 2.31. The van der Waals surface area contributed by atoms with Crippen LogP contribution in [-0.2, 0) is 7.05 Å². The van der Waals surface area contributed by atoms with Crippen LogP contribution in [0.4, 0.5) is 0 Å². The number of fused-ring (bicyclic) bond motifs is 1. The fourth-order valence-corrected chi connectivity index (χ4v) is 3.44. The average Bonchev–Trinajstić information content (AvgIpc) is 2.84. The number of aromatic nitrogens is 3. The number of benzene rings is 1. The van der Waals surface area contributed by atoms with Gasteiger partial charge in [-0.1, -0.05) is 30.0 Å². The summed E-state index contributed by atoms with van der Waals surface area (Å²) in [4.78, 5) is 4.27. The first-order valence-corrected chi connectivity index (χ1v) is 7.07. The number of nitrogens with zero attached hydrogens (tertiary/aromatic N) is 3. The molecule has 0 aliphatic carbocycles. The molecular weight excluding hydrogens is 260 g/mol. The van der Waals surface area contributed by atoms with Gasteiger partial charge in [-0.05, 0) is 13.1 Å². The van der Waals surface area contributed by atoms with E-state index in [2.05, 4.69) is 21.5 Å². The largest absolute Gasteiger partial charge is 0.492 e. The Balaban J connectivity index is 1.86.